The number of hydrogen-bond acceptors (Lipinski definition) is 6. The van der Waals surface area contributed by atoms with Crippen LogP contribution in [0.1, 0.15) is 21.6 Å². The summed E-state index contributed by atoms with van der Waals surface area (Å²) in [5.41, 5.74) is 5.51. The Labute approximate surface area is 153 Å². The third-order valence-corrected chi connectivity index (χ3v) is 4.72. The van der Waals surface area contributed by atoms with Crippen LogP contribution in [0.3, 0.4) is 0 Å². The summed E-state index contributed by atoms with van der Waals surface area (Å²) in [7, 11) is 0. The Morgan fingerprint density at radius 1 is 1.12 bits per heavy atom. The lowest BCUT2D eigenvalue weighted by Crippen LogP contribution is -2.20. The number of rotatable bonds is 4. The number of fused-ring (bicyclic) bond motifs is 1. The van der Waals surface area contributed by atoms with Crippen molar-refractivity contribution in [1.29, 1.82) is 0 Å². The molecule has 8 heteroatoms. The lowest BCUT2D eigenvalue weighted by molar-refractivity contribution is 0.0947. The fourth-order valence-electron chi connectivity index (χ4n) is 2.41. The zero-order valence-electron chi connectivity index (χ0n) is 13.6. The lowest BCUT2D eigenvalue weighted by atomic mass is 10.1. The first-order valence-electron chi connectivity index (χ1n) is 7.91. The molecule has 1 aliphatic rings. The first kappa shape index (κ1) is 16.2. The van der Waals surface area contributed by atoms with Gasteiger partial charge < -0.3 is 0 Å². The number of hydrogen-bond donors (Lipinski definition) is 1. The molecule has 0 bridgehead atoms. The standard InChI is InChI=1S/C18H14N6OS/c25-17(21-19-11-13-7-3-1-4-8-13)16-18-24(23-20-16)22-15(12-26-18)14-9-5-2-6-10-14/h1-11H,12H2,(H,21,25)/b19-11+. The third kappa shape index (κ3) is 3.40. The predicted octanol–water partition coefficient (Wildman–Crippen LogP) is 2.40. The highest BCUT2D eigenvalue weighted by atomic mass is 32.2. The Hall–Kier alpha value is -3.26. The second kappa shape index (κ2) is 7.32. The monoisotopic (exact) mass is 362 g/mol. The summed E-state index contributed by atoms with van der Waals surface area (Å²) in [6, 6.07) is 19.4. The van der Waals surface area contributed by atoms with Crippen molar-refractivity contribution in [3.63, 3.8) is 0 Å². The minimum atomic E-state index is -0.413. The molecule has 1 aliphatic heterocycles. The average Bonchev–Trinajstić information content (AvgIpc) is 3.13. The Kier molecular flexibility index (Phi) is 4.57. The summed E-state index contributed by atoms with van der Waals surface area (Å²) in [5, 5.41) is 17.0. The molecule has 0 saturated heterocycles. The Balaban J connectivity index is 1.50. The maximum Gasteiger partial charge on any atom is 0.294 e. The van der Waals surface area contributed by atoms with Crippen LogP contribution >= 0.6 is 11.8 Å². The molecule has 0 aliphatic carbocycles. The van der Waals surface area contributed by atoms with Crippen molar-refractivity contribution in [1.82, 2.24) is 20.5 Å². The van der Waals surface area contributed by atoms with Gasteiger partial charge in [0.25, 0.3) is 5.91 Å². The first-order chi connectivity index (χ1) is 12.8. The molecule has 2 aromatic carbocycles. The van der Waals surface area contributed by atoms with Gasteiger partial charge in [0.05, 0.1) is 11.9 Å². The van der Waals surface area contributed by atoms with E-state index in [9.17, 15) is 4.79 Å². The number of benzene rings is 2. The normalized spacial score (nSPS) is 13.3. The summed E-state index contributed by atoms with van der Waals surface area (Å²) < 4.78 is 0. The molecule has 0 fully saturated rings. The van der Waals surface area contributed by atoms with Crippen molar-refractivity contribution in [2.24, 2.45) is 10.2 Å². The summed E-state index contributed by atoms with van der Waals surface area (Å²) >= 11 is 1.48. The maximum atomic E-state index is 12.3. The molecule has 1 amide bonds. The molecule has 7 nitrogen and oxygen atoms in total. The molecular weight excluding hydrogens is 348 g/mol. The predicted molar refractivity (Wildman–Crippen MR) is 101 cm³/mol. The molecule has 0 radical (unpaired) electrons. The molecule has 0 saturated carbocycles. The number of amides is 1. The topological polar surface area (TPSA) is 84.5 Å². The summed E-state index contributed by atoms with van der Waals surface area (Å²) in [4.78, 5) is 13.7. The van der Waals surface area contributed by atoms with E-state index in [2.05, 4.69) is 25.9 Å². The average molecular weight is 362 g/mol. The van der Waals surface area contributed by atoms with Crippen molar-refractivity contribution in [3.05, 3.63) is 77.5 Å². The van der Waals surface area contributed by atoms with E-state index < -0.39 is 5.91 Å². The van der Waals surface area contributed by atoms with Crippen molar-refractivity contribution in [3.8, 4) is 0 Å². The molecular formula is C18H14N6OS. The first-order valence-corrected chi connectivity index (χ1v) is 8.90. The van der Waals surface area contributed by atoms with Crippen molar-refractivity contribution >= 4 is 29.6 Å². The van der Waals surface area contributed by atoms with Gasteiger partial charge in [0, 0.05) is 5.75 Å². The molecule has 0 spiro atoms. The summed E-state index contributed by atoms with van der Waals surface area (Å²) in [5.74, 6) is 0.231. The number of nitrogens with one attached hydrogen (secondary N) is 1. The molecule has 3 aromatic rings. The van der Waals surface area contributed by atoms with Gasteiger partial charge in [0.2, 0.25) is 0 Å². The van der Waals surface area contributed by atoms with Crippen molar-refractivity contribution in [2.45, 2.75) is 5.03 Å². The van der Waals surface area contributed by atoms with Gasteiger partial charge in [0.15, 0.2) is 10.7 Å². The van der Waals surface area contributed by atoms with Gasteiger partial charge in [-0.05, 0) is 16.3 Å². The quantitative estimate of drug-likeness (QED) is 0.570. The van der Waals surface area contributed by atoms with Gasteiger partial charge in [-0.1, -0.05) is 72.4 Å². The van der Waals surface area contributed by atoms with Gasteiger partial charge in [-0.2, -0.15) is 10.2 Å². The van der Waals surface area contributed by atoms with Crippen LogP contribution in [-0.2, 0) is 0 Å². The number of carbonyl (C=O) groups excluding carboxylic acids is 1. The number of hydrazone groups is 1. The van der Waals surface area contributed by atoms with Crippen LogP contribution < -0.4 is 5.43 Å². The molecule has 0 unspecified atom stereocenters. The van der Waals surface area contributed by atoms with E-state index in [0.29, 0.717) is 10.8 Å². The Morgan fingerprint density at radius 2 is 1.85 bits per heavy atom. The second-order valence-electron chi connectivity index (χ2n) is 5.44. The van der Waals surface area contributed by atoms with Crippen LogP contribution in [0.15, 0.2) is 75.9 Å². The highest BCUT2D eigenvalue weighted by Gasteiger charge is 2.24. The molecule has 2 heterocycles. The molecule has 4 rings (SSSR count). The van der Waals surface area contributed by atoms with Gasteiger partial charge >= 0.3 is 0 Å². The largest absolute Gasteiger partial charge is 0.294 e. The minimum Gasteiger partial charge on any atom is -0.265 e. The Bertz CT molecular complexity index is 981. The number of carbonyl (C=O) groups is 1. The van der Waals surface area contributed by atoms with Gasteiger partial charge in [0.1, 0.15) is 0 Å². The van der Waals surface area contributed by atoms with Crippen LogP contribution in [0.4, 0.5) is 0 Å². The molecule has 26 heavy (non-hydrogen) atoms. The van der Waals surface area contributed by atoms with Crippen molar-refractivity contribution < 1.29 is 4.79 Å². The van der Waals surface area contributed by atoms with Gasteiger partial charge in [-0.15, -0.1) is 9.89 Å². The lowest BCUT2D eigenvalue weighted by Gasteiger charge is -2.12. The van der Waals surface area contributed by atoms with Crippen LogP contribution in [-0.4, -0.2) is 38.7 Å². The number of thioether (sulfide) groups is 1. The fraction of sp³-hybridized carbons (Fsp3) is 0.0556. The third-order valence-electron chi connectivity index (χ3n) is 3.68. The second-order valence-corrected chi connectivity index (χ2v) is 6.41. The van der Waals surface area contributed by atoms with E-state index in [0.717, 1.165) is 16.8 Å². The highest BCUT2D eigenvalue weighted by Crippen LogP contribution is 2.26. The van der Waals surface area contributed by atoms with E-state index in [4.69, 9.17) is 0 Å². The van der Waals surface area contributed by atoms with E-state index in [-0.39, 0.29) is 5.69 Å². The number of nitrogens with zero attached hydrogens (tertiary/aromatic N) is 5. The molecule has 1 aromatic heterocycles. The highest BCUT2D eigenvalue weighted by molar-refractivity contribution is 8.00. The molecule has 0 atom stereocenters. The van der Waals surface area contributed by atoms with E-state index in [1.54, 1.807) is 6.21 Å². The smallest absolute Gasteiger partial charge is 0.265 e. The van der Waals surface area contributed by atoms with Gasteiger partial charge in [-0.25, -0.2) is 5.43 Å². The number of aromatic nitrogens is 3. The fourth-order valence-corrected chi connectivity index (χ4v) is 3.37. The summed E-state index contributed by atoms with van der Waals surface area (Å²) in [6.45, 7) is 0. The summed E-state index contributed by atoms with van der Waals surface area (Å²) in [6.07, 6.45) is 1.58. The van der Waals surface area contributed by atoms with E-state index in [1.165, 1.54) is 16.6 Å². The van der Waals surface area contributed by atoms with Gasteiger partial charge in [-0.3, -0.25) is 4.79 Å². The Morgan fingerprint density at radius 3 is 2.62 bits per heavy atom. The van der Waals surface area contributed by atoms with Crippen LogP contribution in [0.25, 0.3) is 0 Å². The van der Waals surface area contributed by atoms with Crippen LogP contribution in [0.2, 0.25) is 0 Å². The van der Waals surface area contributed by atoms with Crippen LogP contribution in [0, 0.1) is 0 Å². The van der Waals surface area contributed by atoms with Crippen LogP contribution in [0.5, 0.6) is 0 Å². The SMILES string of the molecule is O=C(N/N=C/c1ccccc1)c1nnn2c1SCC(c1ccccc1)=N2. The molecule has 128 valence electrons. The van der Waals surface area contributed by atoms with E-state index >= 15 is 0 Å². The van der Waals surface area contributed by atoms with Crippen molar-refractivity contribution in [2.75, 3.05) is 5.75 Å². The zero-order valence-corrected chi connectivity index (χ0v) is 14.4. The minimum absolute atomic E-state index is 0.219. The van der Waals surface area contributed by atoms with E-state index in [1.807, 2.05) is 60.7 Å². The maximum absolute atomic E-state index is 12.3. The molecule has 1 N–H and O–H groups in total. The zero-order chi connectivity index (χ0) is 17.8.